The third-order valence-corrected chi connectivity index (χ3v) is 6.25. The van der Waals surface area contributed by atoms with E-state index in [1.165, 1.54) is 29.2 Å². The van der Waals surface area contributed by atoms with Gasteiger partial charge in [0.25, 0.3) is 0 Å². The molecule has 1 saturated heterocycles. The summed E-state index contributed by atoms with van der Waals surface area (Å²) in [6.07, 6.45) is 2.83. The summed E-state index contributed by atoms with van der Waals surface area (Å²) in [5.41, 5.74) is 5.85. The monoisotopic (exact) mass is 548 g/mol. The Morgan fingerprint density at radius 2 is 1.35 bits per heavy atom. The number of nitro groups is 2. The van der Waals surface area contributed by atoms with Crippen LogP contribution in [0.3, 0.4) is 0 Å². The van der Waals surface area contributed by atoms with E-state index in [2.05, 4.69) is 0 Å². The summed E-state index contributed by atoms with van der Waals surface area (Å²) in [7, 11) is 0. The maximum absolute atomic E-state index is 13.9. The number of carbonyl (C=O) groups excluding carboxylic acids is 2. The van der Waals surface area contributed by atoms with Crippen molar-refractivity contribution in [2.45, 2.75) is 12.5 Å². The number of Topliss-reactive ketones (excluding diaryl/α,β-unsaturated/α-hetero) is 1. The Labute approximate surface area is 226 Å². The zero-order chi connectivity index (χ0) is 29.0. The van der Waals surface area contributed by atoms with Crippen LogP contribution in [0.4, 0.5) is 20.2 Å². The largest absolute Gasteiger partial charge is 0.332 e. The first-order valence-corrected chi connectivity index (χ1v) is 12.0. The number of halogens is 2. The quantitative estimate of drug-likeness (QED) is 0.264. The topological polar surface area (TPSA) is 150 Å². The molecule has 1 aliphatic rings. The number of ketones is 1. The Morgan fingerprint density at radius 1 is 0.875 bits per heavy atom. The van der Waals surface area contributed by atoms with E-state index in [9.17, 15) is 38.6 Å². The van der Waals surface area contributed by atoms with Gasteiger partial charge in [-0.3, -0.25) is 29.8 Å². The molecule has 3 aromatic carbocycles. The van der Waals surface area contributed by atoms with Gasteiger partial charge in [0, 0.05) is 36.4 Å². The minimum absolute atomic E-state index is 0.0512. The summed E-state index contributed by atoms with van der Waals surface area (Å²) in [6, 6.07) is 14.3. The number of nitro benzene ring substituents is 2. The van der Waals surface area contributed by atoms with Crippen molar-refractivity contribution >= 4 is 35.2 Å². The number of nitrogens with two attached hydrogens (primary N) is 1. The number of nitrogens with zero attached hydrogens (tertiary/aromatic N) is 3. The van der Waals surface area contributed by atoms with Gasteiger partial charge in [-0.1, -0.05) is 42.5 Å². The first-order chi connectivity index (χ1) is 19.0. The molecule has 1 heterocycles. The minimum Gasteiger partial charge on any atom is -0.332 e. The Morgan fingerprint density at radius 3 is 1.80 bits per heavy atom. The molecular formula is C28H22F2N4O6. The molecule has 0 aliphatic carbocycles. The van der Waals surface area contributed by atoms with Gasteiger partial charge >= 0.3 is 11.4 Å². The van der Waals surface area contributed by atoms with Gasteiger partial charge in [0.05, 0.1) is 15.9 Å². The van der Waals surface area contributed by atoms with Crippen LogP contribution in [0.15, 0.2) is 77.9 Å². The van der Waals surface area contributed by atoms with E-state index in [0.717, 1.165) is 29.8 Å². The van der Waals surface area contributed by atoms with E-state index in [0.29, 0.717) is 0 Å². The SMILES string of the molecule is NC(Cc1ccccc1)C(=O)N1C/C(=C\c2ccc(F)c([N+](=O)[O-])c2)C(=O)/C(=C/c2ccc(F)c([N+](=O)[O-])c2)C1. The zero-order valence-corrected chi connectivity index (χ0v) is 20.8. The maximum Gasteiger partial charge on any atom is 0.305 e. The standard InChI is InChI=1S/C28H22F2N4O6/c29-22-8-6-18(13-25(22)33(37)38)10-20-15-32(28(36)24(31)12-17-4-2-1-3-5-17)16-21(27(20)35)11-19-7-9-23(30)26(14-19)34(39)40/h1-11,13-14,24H,12,15-16,31H2/b20-10+,21-11+. The average Bonchev–Trinajstić information content (AvgIpc) is 2.92. The summed E-state index contributed by atoms with van der Waals surface area (Å²) in [4.78, 5) is 48.6. The number of hydrogen-bond donors (Lipinski definition) is 1. The summed E-state index contributed by atoms with van der Waals surface area (Å²) in [5, 5.41) is 22.4. The molecule has 4 rings (SSSR count). The van der Waals surface area contributed by atoms with Crippen LogP contribution in [0.2, 0.25) is 0 Å². The highest BCUT2D eigenvalue weighted by atomic mass is 19.1. The van der Waals surface area contributed by atoms with E-state index >= 15 is 0 Å². The van der Waals surface area contributed by atoms with Crippen molar-refractivity contribution in [2.75, 3.05) is 13.1 Å². The number of likely N-dealkylation sites (tertiary alicyclic amines) is 1. The molecule has 204 valence electrons. The van der Waals surface area contributed by atoms with E-state index < -0.39 is 50.6 Å². The molecular weight excluding hydrogens is 526 g/mol. The summed E-state index contributed by atoms with van der Waals surface area (Å²) >= 11 is 0. The van der Waals surface area contributed by atoms with E-state index in [-0.39, 0.29) is 41.8 Å². The third kappa shape index (κ3) is 6.30. The molecule has 10 nitrogen and oxygen atoms in total. The Hall–Kier alpha value is -5.10. The predicted octanol–water partition coefficient (Wildman–Crippen LogP) is 4.23. The molecule has 1 amide bonds. The van der Waals surface area contributed by atoms with Crippen LogP contribution in [0.25, 0.3) is 12.2 Å². The first-order valence-electron chi connectivity index (χ1n) is 12.0. The molecule has 0 saturated carbocycles. The highest BCUT2D eigenvalue weighted by Crippen LogP contribution is 2.27. The molecule has 0 radical (unpaired) electrons. The molecule has 0 bridgehead atoms. The van der Waals surface area contributed by atoms with Gasteiger partial charge in [0.1, 0.15) is 0 Å². The fourth-order valence-corrected chi connectivity index (χ4v) is 4.31. The van der Waals surface area contributed by atoms with Crippen molar-refractivity contribution in [3.63, 3.8) is 0 Å². The summed E-state index contributed by atoms with van der Waals surface area (Å²) < 4.78 is 27.7. The second-order valence-corrected chi connectivity index (χ2v) is 9.09. The fourth-order valence-electron chi connectivity index (χ4n) is 4.31. The lowest BCUT2D eigenvalue weighted by Crippen LogP contribution is -2.49. The van der Waals surface area contributed by atoms with Gasteiger partial charge in [-0.2, -0.15) is 8.78 Å². The number of benzene rings is 3. The Balaban J connectivity index is 1.73. The highest BCUT2D eigenvalue weighted by molar-refractivity contribution is 6.15. The molecule has 0 spiro atoms. The third-order valence-electron chi connectivity index (χ3n) is 6.25. The van der Waals surface area contributed by atoms with Gasteiger partial charge in [-0.25, -0.2) is 0 Å². The zero-order valence-electron chi connectivity index (χ0n) is 20.8. The van der Waals surface area contributed by atoms with Crippen LogP contribution in [0.5, 0.6) is 0 Å². The van der Waals surface area contributed by atoms with Gasteiger partial charge in [-0.15, -0.1) is 0 Å². The molecule has 1 atom stereocenters. The van der Waals surface area contributed by atoms with Gasteiger partial charge in [0.2, 0.25) is 17.5 Å². The molecule has 0 aromatic heterocycles. The van der Waals surface area contributed by atoms with E-state index in [4.69, 9.17) is 5.73 Å². The van der Waals surface area contributed by atoms with E-state index in [1.54, 1.807) is 12.1 Å². The first kappa shape index (κ1) is 27.9. The second-order valence-electron chi connectivity index (χ2n) is 9.09. The lowest BCUT2D eigenvalue weighted by Gasteiger charge is -2.32. The predicted molar refractivity (Wildman–Crippen MR) is 142 cm³/mol. The van der Waals surface area contributed by atoms with Gasteiger partial charge in [0.15, 0.2) is 5.78 Å². The lowest BCUT2D eigenvalue weighted by molar-refractivity contribution is -0.387. The van der Waals surface area contributed by atoms with Crippen molar-refractivity contribution < 1.29 is 28.2 Å². The maximum atomic E-state index is 13.9. The molecule has 2 N–H and O–H groups in total. The number of hydrogen-bond acceptors (Lipinski definition) is 7. The molecule has 1 aliphatic heterocycles. The number of carbonyl (C=O) groups is 2. The Kier molecular flexibility index (Phi) is 8.20. The molecule has 40 heavy (non-hydrogen) atoms. The van der Waals surface area contributed by atoms with Crippen LogP contribution < -0.4 is 5.73 Å². The van der Waals surface area contributed by atoms with Crippen LogP contribution in [0.1, 0.15) is 16.7 Å². The number of piperidine rings is 1. The van der Waals surface area contributed by atoms with Crippen molar-refractivity contribution in [1.29, 1.82) is 0 Å². The Bertz CT molecular complexity index is 1490. The minimum atomic E-state index is -1.05. The fraction of sp³-hybridized carbons (Fsp3) is 0.143. The van der Waals surface area contributed by atoms with Gasteiger partial charge in [-0.05, 0) is 47.4 Å². The van der Waals surface area contributed by atoms with Crippen molar-refractivity contribution in [2.24, 2.45) is 5.73 Å². The van der Waals surface area contributed by atoms with Crippen LogP contribution in [-0.2, 0) is 16.0 Å². The highest BCUT2D eigenvalue weighted by Gasteiger charge is 2.32. The normalized spacial score (nSPS) is 16.3. The van der Waals surface area contributed by atoms with Gasteiger partial charge < -0.3 is 10.6 Å². The lowest BCUT2D eigenvalue weighted by atomic mass is 9.93. The molecule has 1 unspecified atom stereocenters. The van der Waals surface area contributed by atoms with Crippen molar-refractivity contribution in [1.82, 2.24) is 4.90 Å². The van der Waals surface area contributed by atoms with Crippen molar-refractivity contribution in [3.8, 4) is 0 Å². The smallest absolute Gasteiger partial charge is 0.305 e. The van der Waals surface area contributed by atoms with Crippen LogP contribution in [-0.4, -0.2) is 45.6 Å². The number of amides is 1. The number of rotatable bonds is 7. The molecule has 12 heteroatoms. The van der Waals surface area contributed by atoms with Crippen LogP contribution >= 0.6 is 0 Å². The molecule has 1 fully saturated rings. The van der Waals surface area contributed by atoms with E-state index in [1.807, 2.05) is 18.2 Å². The average molecular weight is 549 g/mol. The van der Waals surface area contributed by atoms with Crippen molar-refractivity contribution in [3.05, 3.63) is 126 Å². The second kappa shape index (κ2) is 11.7. The van der Waals surface area contributed by atoms with Crippen LogP contribution in [0, 0.1) is 31.9 Å². The summed E-state index contributed by atoms with van der Waals surface area (Å²) in [6.45, 7) is -0.377. The summed E-state index contributed by atoms with van der Waals surface area (Å²) in [5.74, 6) is -3.13. The molecule has 3 aromatic rings.